The molecule has 2 aromatic heterocycles. The van der Waals surface area contributed by atoms with Crippen LogP contribution in [-0.4, -0.2) is 44.4 Å². The van der Waals surface area contributed by atoms with Crippen LogP contribution in [0.15, 0.2) is 47.3 Å². The average molecular weight is 506 g/mol. The third-order valence-electron chi connectivity index (χ3n) is 6.98. The SMILES string of the molecule is Cn1c(C2CC2)nc2c(N3CC[C@@H](N)C3)c(NC(=O)c3ccc(=O)n(-c4c(F)cccc4F)n3)ccc21. The van der Waals surface area contributed by atoms with Crippen molar-refractivity contribution in [1.29, 1.82) is 0 Å². The highest BCUT2D eigenvalue weighted by Gasteiger charge is 2.31. The molecule has 3 heterocycles. The lowest BCUT2D eigenvalue weighted by molar-refractivity contribution is 0.102. The van der Waals surface area contributed by atoms with Crippen LogP contribution in [-0.2, 0) is 7.05 Å². The number of aromatic nitrogens is 4. The highest BCUT2D eigenvalue weighted by Crippen LogP contribution is 2.43. The Morgan fingerprint density at radius 2 is 1.81 bits per heavy atom. The Labute approximate surface area is 210 Å². The van der Waals surface area contributed by atoms with Gasteiger partial charge in [-0.25, -0.2) is 13.8 Å². The molecule has 1 amide bonds. The summed E-state index contributed by atoms with van der Waals surface area (Å²) in [5, 5.41) is 6.85. The van der Waals surface area contributed by atoms with E-state index in [1.54, 1.807) is 0 Å². The zero-order chi connectivity index (χ0) is 25.8. The predicted octanol–water partition coefficient (Wildman–Crippen LogP) is 3.06. The number of aryl methyl sites for hydroxylation is 1. The minimum atomic E-state index is -0.966. The standard InChI is InChI=1S/C26H25F2N7O2/c1-33-20-9-7-18(24(34-12-11-15(29)13-34)22(20)31-25(33)14-5-6-14)30-26(37)19-8-10-21(36)35(32-19)23-16(27)3-2-4-17(23)28/h2-4,7-10,14-15H,5-6,11-13,29H2,1H3,(H,30,37)/t15-/m1/s1. The van der Waals surface area contributed by atoms with E-state index in [9.17, 15) is 18.4 Å². The first-order valence-corrected chi connectivity index (χ1v) is 12.2. The lowest BCUT2D eigenvalue weighted by atomic mass is 10.2. The number of hydrogen-bond donors (Lipinski definition) is 2. The molecule has 2 aromatic carbocycles. The van der Waals surface area contributed by atoms with Crippen molar-refractivity contribution in [3.05, 3.63) is 76.0 Å². The Morgan fingerprint density at radius 3 is 2.49 bits per heavy atom. The van der Waals surface area contributed by atoms with Crippen molar-refractivity contribution in [2.45, 2.75) is 31.2 Å². The van der Waals surface area contributed by atoms with Gasteiger partial charge in [-0.05, 0) is 49.6 Å². The van der Waals surface area contributed by atoms with Gasteiger partial charge in [-0.3, -0.25) is 9.59 Å². The summed E-state index contributed by atoms with van der Waals surface area (Å²) >= 11 is 0. The van der Waals surface area contributed by atoms with E-state index < -0.39 is 28.8 Å². The van der Waals surface area contributed by atoms with Crippen LogP contribution in [0.5, 0.6) is 0 Å². The van der Waals surface area contributed by atoms with E-state index in [1.807, 2.05) is 19.2 Å². The van der Waals surface area contributed by atoms with Crippen LogP contribution < -0.4 is 21.5 Å². The molecule has 9 nitrogen and oxygen atoms in total. The Bertz CT molecular complexity index is 1590. The summed E-state index contributed by atoms with van der Waals surface area (Å²) in [6.07, 6.45) is 3.02. The first-order valence-electron chi connectivity index (χ1n) is 12.2. The number of amides is 1. The van der Waals surface area contributed by atoms with Crippen LogP contribution in [0.3, 0.4) is 0 Å². The number of hydrogen-bond acceptors (Lipinski definition) is 6. The second-order valence-electron chi connectivity index (χ2n) is 9.62. The minimum absolute atomic E-state index is 0.00584. The summed E-state index contributed by atoms with van der Waals surface area (Å²) < 4.78 is 31.3. The predicted molar refractivity (Wildman–Crippen MR) is 135 cm³/mol. The topological polar surface area (TPSA) is 111 Å². The molecule has 0 unspecified atom stereocenters. The van der Waals surface area contributed by atoms with Crippen molar-refractivity contribution in [3.8, 4) is 5.69 Å². The zero-order valence-electron chi connectivity index (χ0n) is 20.1. The number of benzene rings is 2. The molecule has 4 aromatic rings. The fourth-order valence-corrected chi connectivity index (χ4v) is 4.95. The van der Waals surface area contributed by atoms with E-state index in [0.29, 0.717) is 29.4 Å². The summed E-state index contributed by atoms with van der Waals surface area (Å²) in [7, 11) is 2.00. The highest BCUT2D eigenvalue weighted by atomic mass is 19.1. The van der Waals surface area contributed by atoms with Crippen LogP contribution in [0, 0.1) is 11.6 Å². The lowest BCUT2D eigenvalue weighted by Crippen LogP contribution is -2.28. The van der Waals surface area contributed by atoms with E-state index in [1.165, 1.54) is 12.1 Å². The number of anilines is 2. The van der Waals surface area contributed by atoms with E-state index >= 15 is 0 Å². The van der Waals surface area contributed by atoms with Crippen molar-refractivity contribution < 1.29 is 13.6 Å². The number of carbonyl (C=O) groups is 1. The van der Waals surface area contributed by atoms with Crippen molar-refractivity contribution in [1.82, 2.24) is 19.3 Å². The fourth-order valence-electron chi connectivity index (χ4n) is 4.95. The normalized spacial score (nSPS) is 17.5. The largest absolute Gasteiger partial charge is 0.366 e. The molecular weight excluding hydrogens is 480 g/mol. The summed E-state index contributed by atoms with van der Waals surface area (Å²) in [6, 6.07) is 9.22. The molecule has 37 heavy (non-hydrogen) atoms. The minimum Gasteiger partial charge on any atom is -0.366 e. The van der Waals surface area contributed by atoms with Gasteiger partial charge in [0.25, 0.3) is 11.5 Å². The molecule has 1 aliphatic carbocycles. The highest BCUT2D eigenvalue weighted by molar-refractivity contribution is 6.08. The van der Waals surface area contributed by atoms with E-state index in [0.717, 1.165) is 60.0 Å². The third kappa shape index (κ3) is 4.05. The Balaban J connectivity index is 1.41. The number of nitrogens with one attached hydrogen (secondary N) is 1. The van der Waals surface area contributed by atoms with Gasteiger partial charge in [-0.15, -0.1) is 0 Å². The molecule has 1 saturated carbocycles. The maximum absolute atomic E-state index is 14.3. The molecular formula is C26H25F2N7O2. The molecule has 1 aliphatic heterocycles. The smallest absolute Gasteiger partial charge is 0.276 e. The third-order valence-corrected chi connectivity index (χ3v) is 6.98. The van der Waals surface area contributed by atoms with Gasteiger partial charge in [0.05, 0.1) is 16.9 Å². The molecule has 0 bridgehead atoms. The number of imidazole rings is 1. The summed E-state index contributed by atoms with van der Waals surface area (Å²) in [6.45, 7) is 1.33. The van der Waals surface area contributed by atoms with Gasteiger partial charge in [0, 0.05) is 38.2 Å². The lowest BCUT2D eigenvalue weighted by Gasteiger charge is -2.22. The van der Waals surface area contributed by atoms with Crippen molar-refractivity contribution >= 4 is 28.3 Å². The maximum Gasteiger partial charge on any atom is 0.276 e. The van der Waals surface area contributed by atoms with Gasteiger partial charge in [0.2, 0.25) is 0 Å². The second kappa shape index (κ2) is 8.77. The van der Waals surface area contributed by atoms with E-state index in [4.69, 9.17) is 10.7 Å². The van der Waals surface area contributed by atoms with Gasteiger partial charge in [0.1, 0.15) is 22.7 Å². The summed E-state index contributed by atoms with van der Waals surface area (Å²) in [5.41, 5.74) is 7.63. The van der Waals surface area contributed by atoms with Crippen LogP contribution in [0.2, 0.25) is 0 Å². The number of rotatable bonds is 5. The second-order valence-corrected chi connectivity index (χ2v) is 9.62. The van der Waals surface area contributed by atoms with Crippen LogP contribution in [0.1, 0.15) is 41.5 Å². The number of halogens is 2. The van der Waals surface area contributed by atoms with Gasteiger partial charge >= 0.3 is 0 Å². The molecule has 2 fully saturated rings. The Morgan fingerprint density at radius 1 is 1.05 bits per heavy atom. The molecule has 0 spiro atoms. The quantitative estimate of drug-likeness (QED) is 0.431. The number of para-hydroxylation sites is 1. The van der Waals surface area contributed by atoms with Crippen molar-refractivity contribution in [3.63, 3.8) is 0 Å². The molecule has 11 heteroatoms. The molecule has 3 N–H and O–H groups in total. The molecule has 1 atom stereocenters. The monoisotopic (exact) mass is 505 g/mol. The first-order chi connectivity index (χ1) is 17.8. The molecule has 190 valence electrons. The first kappa shape index (κ1) is 23.3. The molecule has 0 radical (unpaired) electrons. The van der Waals surface area contributed by atoms with Gasteiger partial charge < -0.3 is 20.5 Å². The summed E-state index contributed by atoms with van der Waals surface area (Å²) in [4.78, 5) is 32.7. The van der Waals surface area contributed by atoms with Crippen LogP contribution in [0.25, 0.3) is 16.7 Å². The Kier molecular flexibility index (Phi) is 5.52. The van der Waals surface area contributed by atoms with E-state index in [2.05, 4.69) is 19.9 Å². The molecule has 6 rings (SSSR count). The number of nitrogens with two attached hydrogens (primary N) is 1. The summed E-state index contributed by atoms with van der Waals surface area (Å²) in [5.74, 6) is -1.11. The van der Waals surface area contributed by atoms with Gasteiger partial charge in [0.15, 0.2) is 11.6 Å². The average Bonchev–Trinajstić information content (AvgIpc) is 3.54. The fraction of sp³-hybridized carbons (Fsp3) is 0.308. The Hall–Kier alpha value is -4.12. The number of nitrogens with zero attached hydrogens (tertiary/aromatic N) is 5. The number of fused-ring (bicyclic) bond motifs is 1. The maximum atomic E-state index is 14.3. The van der Waals surface area contributed by atoms with Crippen LogP contribution >= 0.6 is 0 Å². The molecule has 1 saturated heterocycles. The zero-order valence-corrected chi connectivity index (χ0v) is 20.1. The van der Waals surface area contributed by atoms with E-state index in [-0.39, 0.29) is 11.7 Å². The van der Waals surface area contributed by atoms with Crippen molar-refractivity contribution in [2.24, 2.45) is 12.8 Å². The van der Waals surface area contributed by atoms with Crippen LogP contribution in [0.4, 0.5) is 20.2 Å². The molecule has 2 aliphatic rings. The van der Waals surface area contributed by atoms with Crippen molar-refractivity contribution in [2.75, 3.05) is 23.3 Å². The van der Waals surface area contributed by atoms with Gasteiger partial charge in [-0.1, -0.05) is 6.07 Å². The number of carbonyl (C=O) groups excluding carboxylic acids is 1. The van der Waals surface area contributed by atoms with Gasteiger partial charge in [-0.2, -0.15) is 9.78 Å².